The largest absolute Gasteiger partial charge is 0.481 e. The summed E-state index contributed by atoms with van der Waals surface area (Å²) in [6, 6.07) is 24.7. The number of carboxylic acids is 1. The molecule has 0 spiro atoms. The quantitative estimate of drug-likeness (QED) is 0.227. The minimum Gasteiger partial charge on any atom is -0.481 e. The van der Waals surface area contributed by atoms with Gasteiger partial charge in [-0.15, -0.1) is 11.3 Å². The van der Waals surface area contributed by atoms with Crippen molar-refractivity contribution in [3.8, 4) is 11.1 Å². The van der Waals surface area contributed by atoms with Crippen LogP contribution in [0.2, 0.25) is 0 Å². The van der Waals surface area contributed by atoms with Crippen LogP contribution in [-0.4, -0.2) is 45.9 Å². The number of thiazole rings is 1. The van der Waals surface area contributed by atoms with E-state index < -0.39 is 17.9 Å². The maximum atomic E-state index is 13.7. The van der Waals surface area contributed by atoms with E-state index in [9.17, 15) is 19.5 Å². The molecule has 0 bridgehead atoms. The van der Waals surface area contributed by atoms with Gasteiger partial charge in [0, 0.05) is 30.0 Å². The summed E-state index contributed by atoms with van der Waals surface area (Å²) in [5, 5.41) is 14.8. The number of likely N-dealkylation sites (tertiary alicyclic amines) is 1. The van der Waals surface area contributed by atoms with Crippen LogP contribution in [0.15, 0.2) is 84.2 Å². The van der Waals surface area contributed by atoms with Crippen molar-refractivity contribution in [1.29, 1.82) is 0 Å². The van der Waals surface area contributed by atoms with E-state index in [1.165, 1.54) is 16.9 Å². The monoisotopic (exact) mass is 595 g/mol. The first kappa shape index (κ1) is 30.2. The van der Waals surface area contributed by atoms with Crippen molar-refractivity contribution in [3.63, 3.8) is 0 Å². The summed E-state index contributed by atoms with van der Waals surface area (Å²) in [5.74, 6) is -1.20. The standard InChI is InChI=1S/C35H37N3O4S/c1-35(2,3)26-15-13-23(14-16-26)27-11-7-8-12-28(27)34(42)38-19-17-25(18-20-38)33-37-30(22-43-33)32(41)36-29(21-31(39)40)24-9-5-4-6-10-24/h4-16,22,25,29H,17-21H2,1-3H3,(H,36,41)(H,39,40). The Morgan fingerprint density at radius 1 is 0.953 bits per heavy atom. The molecule has 1 unspecified atom stereocenters. The lowest BCUT2D eigenvalue weighted by Gasteiger charge is -2.31. The number of rotatable bonds is 8. The SMILES string of the molecule is CC(C)(C)c1ccc(-c2ccccc2C(=O)N2CCC(c3nc(C(=O)NC(CC(=O)O)c4ccccc4)cs3)CC2)cc1. The molecule has 2 amide bonds. The molecule has 0 saturated carbocycles. The number of hydrogen-bond acceptors (Lipinski definition) is 5. The molecule has 4 aromatic rings. The highest BCUT2D eigenvalue weighted by Gasteiger charge is 2.29. The number of carboxylic acid groups (broad SMARTS) is 1. The smallest absolute Gasteiger partial charge is 0.305 e. The summed E-state index contributed by atoms with van der Waals surface area (Å²) in [6.07, 6.45) is 1.30. The number of piperidine rings is 1. The molecular formula is C35H37N3O4S. The molecule has 3 aromatic carbocycles. The highest BCUT2D eigenvalue weighted by molar-refractivity contribution is 7.09. The van der Waals surface area contributed by atoms with E-state index in [4.69, 9.17) is 0 Å². The summed E-state index contributed by atoms with van der Waals surface area (Å²) in [7, 11) is 0. The van der Waals surface area contributed by atoms with E-state index in [0.29, 0.717) is 18.7 Å². The molecule has 7 nitrogen and oxygen atoms in total. The highest BCUT2D eigenvalue weighted by atomic mass is 32.1. The van der Waals surface area contributed by atoms with Crippen molar-refractivity contribution >= 4 is 29.1 Å². The molecule has 2 heterocycles. The van der Waals surface area contributed by atoms with E-state index in [0.717, 1.165) is 34.5 Å². The van der Waals surface area contributed by atoms with Crippen LogP contribution in [0.1, 0.15) is 89.0 Å². The number of nitrogens with one attached hydrogen (secondary N) is 1. The second-order valence-corrected chi connectivity index (χ2v) is 12.9. The lowest BCUT2D eigenvalue weighted by atomic mass is 9.86. The van der Waals surface area contributed by atoms with E-state index in [2.05, 4.69) is 55.3 Å². The van der Waals surface area contributed by atoms with Crippen LogP contribution in [-0.2, 0) is 10.2 Å². The zero-order valence-electron chi connectivity index (χ0n) is 24.7. The Labute approximate surface area is 256 Å². The Hall–Kier alpha value is -4.30. The fraction of sp³-hybridized carbons (Fsp3) is 0.314. The fourth-order valence-electron chi connectivity index (χ4n) is 5.49. The third-order valence-corrected chi connectivity index (χ3v) is 9.00. The first-order valence-electron chi connectivity index (χ1n) is 14.6. The second-order valence-electron chi connectivity index (χ2n) is 12.0. The van der Waals surface area contributed by atoms with Crippen LogP contribution in [0.5, 0.6) is 0 Å². The molecule has 43 heavy (non-hydrogen) atoms. The topological polar surface area (TPSA) is 99.6 Å². The number of amides is 2. The van der Waals surface area contributed by atoms with Crippen LogP contribution in [0.3, 0.4) is 0 Å². The van der Waals surface area contributed by atoms with Crippen molar-refractivity contribution in [2.45, 2.75) is 57.4 Å². The number of nitrogens with zero attached hydrogens (tertiary/aromatic N) is 2. The van der Waals surface area contributed by atoms with Crippen molar-refractivity contribution in [3.05, 3.63) is 112 Å². The minimum atomic E-state index is -0.990. The van der Waals surface area contributed by atoms with E-state index in [1.807, 2.05) is 47.4 Å². The molecule has 0 radical (unpaired) electrons. The predicted molar refractivity (Wildman–Crippen MR) is 169 cm³/mol. The Balaban J connectivity index is 1.22. The van der Waals surface area contributed by atoms with Gasteiger partial charge >= 0.3 is 5.97 Å². The summed E-state index contributed by atoms with van der Waals surface area (Å²) < 4.78 is 0. The molecule has 8 heteroatoms. The molecule has 2 N–H and O–H groups in total. The van der Waals surface area contributed by atoms with Gasteiger partial charge in [0.05, 0.1) is 17.5 Å². The van der Waals surface area contributed by atoms with Gasteiger partial charge in [-0.25, -0.2) is 4.98 Å². The molecule has 1 fully saturated rings. The molecule has 222 valence electrons. The molecular weight excluding hydrogens is 558 g/mol. The van der Waals surface area contributed by atoms with Gasteiger partial charge in [-0.3, -0.25) is 14.4 Å². The van der Waals surface area contributed by atoms with Gasteiger partial charge in [-0.1, -0.05) is 93.6 Å². The van der Waals surface area contributed by atoms with Gasteiger partial charge in [0.1, 0.15) is 5.69 Å². The van der Waals surface area contributed by atoms with Crippen molar-refractivity contribution in [2.24, 2.45) is 0 Å². The fourth-order valence-corrected chi connectivity index (χ4v) is 6.47. The number of carbonyl (C=O) groups excluding carboxylic acids is 2. The third-order valence-electron chi connectivity index (χ3n) is 7.99. The van der Waals surface area contributed by atoms with Gasteiger partial charge in [-0.05, 0) is 46.6 Å². The lowest BCUT2D eigenvalue weighted by molar-refractivity contribution is -0.137. The zero-order valence-corrected chi connectivity index (χ0v) is 25.6. The third kappa shape index (κ3) is 7.20. The van der Waals surface area contributed by atoms with Gasteiger partial charge in [0.15, 0.2) is 0 Å². The van der Waals surface area contributed by atoms with Crippen LogP contribution in [0.25, 0.3) is 11.1 Å². The maximum absolute atomic E-state index is 13.7. The first-order chi connectivity index (χ1) is 20.6. The normalized spacial score (nSPS) is 14.7. The lowest BCUT2D eigenvalue weighted by Crippen LogP contribution is -2.38. The molecule has 1 saturated heterocycles. The average molecular weight is 596 g/mol. The second kappa shape index (κ2) is 12.9. The van der Waals surface area contributed by atoms with Crippen molar-refractivity contribution in [1.82, 2.24) is 15.2 Å². The highest BCUT2D eigenvalue weighted by Crippen LogP contribution is 2.33. The number of hydrogen-bond donors (Lipinski definition) is 2. The Kier molecular flexibility index (Phi) is 9.06. The summed E-state index contributed by atoms with van der Waals surface area (Å²) in [5.41, 5.74) is 4.99. The maximum Gasteiger partial charge on any atom is 0.305 e. The Morgan fingerprint density at radius 3 is 2.26 bits per heavy atom. The first-order valence-corrected chi connectivity index (χ1v) is 15.5. The van der Waals surface area contributed by atoms with Crippen molar-refractivity contribution in [2.75, 3.05) is 13.1 Å². The number of benzene rings is 3. The van der Waals surface area contributed by atoms with Gasteiger partial charge in [0.2, 0.25) is 0 Å². The molecule has 0 aliphatic carbocycles. The predicted octanol–water partition coefficient (Wildman–Crippen LogP) is 7.07. The minimum absolute atomic E-state index is 0.0264. The molecule has 1 aromatic heterocycles. The summed E-state index contributed by atoms with van der Waals surface area (Å²) in [6.45, 7) is 7.78. The summed E-state index contributed by atoms with van der Waals surface area (Å²) >= 11 is 1.44. The molecule has 1 aliphatic heterocycles. The van der Waals surface area contributed by atoms with Crippen LogP contribution in [0, 0.1) is 0 Å². The molecule has 1 aliphatic rings. The zero-order chi connectivity index (χ0) is 30.6. The Bertz CT molecular complexity index is 1580. The van der Waals surface area contributed by atoms with E-state index in [-0.39, 0.29) is 29.4 Å². The van der Waals surface area contributed by atoms with Crippen molar-refractivity contribution < 1.29 is 19.5 Å². The summed E-state index contributed by atoms with van der Waals surface area (Å²) in [4.78, 5) is 44.6. The number of aromatic nitrogens is 1. The Morgan fingerprint density at radius 2 is 1.60 bits per heavy atom. The average Bonchev–Trinajstić information content (AvgIpc) is 3.51. The van der Waals surface area contributed by atoms with E-state index in [1.54, 1.807) is 17.5 Å². The number of carbonyl (C=O) groups is 3. The van der Waals surface area contributed by atoms with Crippen LogP contribution >= 0.6 is 11.3 Å². The molecule has 1 atom stereocenters. The van der Waals surface area contributed by atoms with E-state index >= 15 is 0 Å². The van der Waals surface area contributed by atoms with Gasteiger partial charge in [0.25, 0.3) is 11.8 Å². The van der Waals surface area contributed by atoms with Gasteiger partial charge in [-0.2, -0.15) is 0 Å². The van der Waals surface area contributed by atoms with Crippen LogP contribution in [0.4, 0.5) is 0 Å². The molecule has 5 rings (SSSR count). The van der Waals surface area contributed by atoms with Crippen LogP contribution < -0.4 is 5.32 Å². The van der Waals surface area contributed by atoms with Gasteiger partial charge < -0.3 is 15.3 Å². The number of aliphatic carboxylic acids is 1.